The second-order valence-electron chi connectivity index (χ2n) is 9.38. The first-order valence-corrected chi connectivity index (χ1v) is 10.4. The highest BCUT2D eigenvalue weighted by molar-refractivity contribution is 5.88. The van der Waals surface area contributed by atoms with E-state index in [4.69, 9.17) is 14.0 Å². The first-order valence-electron chi connectivity index (χ1n) is 10.4. The molecule has 2 heterocycles. The number of nitrogens with zero attached hydrogens (tertiary/aromatic N) is 1. The second kappa shape index (κ2) is 6.31. The maximum absolute atomic E-state index is 13.6. The van der Waals surface area contributed by atoms with Gasteiger partial charge in [-0.3, -0.25) is 4.79 Å². The molecule has 5 aliphatic rings. The van der Waals surface area contributed by atoms with Crippen molar-refractivity contribution in [2.75, 3.05) is 20.3 Å². The van der Waals surface area contributed by atoms with Gasteiger partial charge in [0.15, 0.2) is 5.76 Å². The Labute approximate surface area is 160 Å². The maximum Gasteiger partial charge on any atom is 0.234 e. The third-order valence-electron chi connectivity index (χ3n) is 7.83. The van der Waals surface area contributed by atoms with Gasteiger partial charge in [-0.15, -0.1) is 0 Å². The maximum atomic E-state index is 13.6. The smallest absolute Gasteiger partial charge is 0.234 e. The number of carbonyl (C=O) groups is 1. The van der Waals surface area contributed by atoms with E-state index in [9.17, 15) is 4.79 Å². The first kappa shape index (κ1) is 17.7. The van der Waals surface area contributed by atoms with Gasteiger partial charge < -0.3 is 19.3 Å². The van der Waals surface area contributed by atoms with Gasteiger partial charge in [0.1, 0.15) is 5.41 Å². The summed E-state index contributed by atoms with van der Waals surface area (Å²) in [7, 11) is 1.87. The number of carbonyl (C=O) groups excluding carboxylic acids is 1. The predicted octanol–water partition coefficient (Wildman–Crippen LogP) is 2.74. The molecule has 2 atom stereocenters. The molecule has 0 spiro atoms. The van der Waals surface area contributed by atoms with E-state index in [-0.39, 0.29) is 17.6 Å². The predicted molar refractivity (Wildman–Crippen MR) is 98.2 cm³/mol. The summed E-state index contributed by atoms with van der Waals surface area (Å²) in [6.45, 7) is 3.07. The average molecular weight is 374 g/mol. The average Bonchev–Trinajstić information content (AvgIpc) is 3.11. The van der Waals surface area contributed by atoms with Gasteiger partial charge in [-0.2, -0.15) is 0 Å². The molecule has 6 nitrogen and oxygen atoms in total. The van der Waals surface area contributed by atoms with E-state index in [1.165, 1.54) is 19.3 Å². The molecule has 2 unspecified atom stereocenters. The van der Waals surface area contributed by atoms with E-state index >= 15 is 0 Å². The van der Waals surface area contributed by atoms with Gasteiger partial charge in [-0.25, -0.2) is 0 Å². The number of hydrogen-bond donors (Lipinski definition) is 1. The molecule has 148 valence electrons. The van der Waals surface area contributed by atoms with Crippen molar-refractivity contribution < 1.29 is 18.8 Å². The summed E-state index contributed by atoms with van der Waals surface area (Å²) in [6, 6.07) is 2.18. The number of rotatable bonds is 4. The normalized spacial score (nSPS) is 39.5. The molecule has 1 N–H and O–H groups in total. The topological polar surface area (TPSA) is 73.6 Å². The lowest BCUT2D eigenvalue weighted by atomic mass is 9.52. The minimum atomic E-state index is -0.646. The zero-order chi connectivity index (χ0) is 18.6. The van der Waals surface area contributed by atoms with Crippen LogP contribution in [0.2, 0.25) is 0 Å². The Morgan fingerprint density at radius 2 is 1.93 bits per heavy atom. The van der Waals surface area contributed by atoms with Crippen LogP contribution in [0, 0.1) is 24.7 Å². The fourth-order valence-corrected chi connectivity index (χ4v) is 6.62. The lowest BCUT2D eigenvalue weighted by Crippen LogP contribution is -2.64. The molecule has 4 bridgehead atoms. The van der Waals surface area contributed by atoms with Gasteiger partial charge in [0.25, 0.3) is 0 Å². The minimum absolute atomic E-state index is 0.0656. The Balaban J connectivity index is 1.39. The van der Waals surface area contributed by atoms with Crippen molar-refractivity contribution in [1.29, 1.82) is 0 Å². The molecule has 27 heavy (non-hydrogen) atoms. The number of aromatic nitrogens is 1. The van der Waals surface area contributed by atoms with Crippen LogP contribution in [0.25, 0.3) is 0 Å². The summed E-state index contributed by atoms with van der Waals surface area (Å²) in [4.78, 5) is 13.6. The lowest BCUT2D eigenvalue weighted by Gasteiger charge is -2.59. The Kier molecular flexibility index (Phi) is 4.13. The summed E-state index contributed by atoms with van der Waals surface area (Å²) in [6.07, 6.45) is 7.13. The number of aryl methyl sites for hydroxylation is 1. The van der Waals surface area contributed by atoms with Crippen molar-refractivity contribution in [2.45, 2.75) is 68.9 Å². The molecule has 1 aromatic heterocycles. The molecule has 1 aliphatic heterocycles. The van der Waals surface area contributed by atoms with Crippen molar-refractivity contribution in [1.82, 2.24) is 10.5 Å². The molecule has 0 radical (unpaired) electrons. The number of amides is 1. The van der Waals surface area contributed by atoms with E-state index in [0.29, 0.717) is 43.7 Å². The summed E-state index contributed by atoms with van der Waals surface area (Å²) >= 11 is 0. The van der Waals surface area contributed by atoms with E-state index < -0.39 is 5.41 Å². The fourth-order valence-electron chi connectivity index (χ4n) is 6.62. The summed E-state index contributed by atoms with van der Waals surface area (Å²) in [5, 5.41) is 7.53. The zero-order valence-electron chi connectivity index (χ0n) is 16.3. The second-order valence-corrected chi connectivity index (χ2v) is 9.38. The summed E-state index contributed by atoms with van der Waals surface area (Å²) < 4.78 is 17.1. The van der Waals surface area contributed by atoms with E-state index in [1.54, 1.807) is 0 Å². The van der Waals surface area contributed by atoms with E-state index in [1.807, 2.05) is 20.1 Å². The third-order valence-corrected chi connectivity index (χ3v) is 7.83. The van der Waals surface area contributed by atoms with Crippen molar-refractivity contribution in [2.24, 2.45) is 17.8 Å². The van der Waals surface area contributed by atoms with Crippen LogP contribution in [0.4, 0.5) is 0 Å². The molecule has 1 aromatic rings. The Bertz CT molecular complexity index is 708. The fraction of sp³-hybridized carbons (Fsp3) is 0.810. The number of ether oxygens (including phenoxy) is 2. The largest absolute Gasteiger partial charge is 0.381 e. The number of hydrogen-bond acceptors (Lipinski definition) is 5. The highest BCUT2D eigenvalue weighted by atomic mass is 16.5. The lowest BCUT2D eigenvalue weighted by molar-refractivity contribution is -0.163. The highest BCUT2D eigenvalue weighted by Gasteiger charge is 2.57. The van der Waals surface area contributed by atoms with Crippen LogP contribution in [-0.2, 0) is 19.7 Å². The van der Waals surface area contributed by atoms with Gasteiger partial charge in [0, 0.05) is 32.4 Å². The van der Waals surface area contributed by atoms with Crippen LogP contribution in [-0.4, -0.2) is 43.0 Å². The Hall–Kier alpha value is -1.40. The van der Waals surface area contributed by atoms with E-state index in [0.717, 1.165) is 24.5 Å². The number of nitrogens with one attached hydrogen (secondary N) is 1. The van der Waals surface area contributed by atoms with Crippen LogP contribution in [0.15, 0.2) is 10.6 Å². The molecular weight excluding hydrogens is 344 g/mol. The van der Waals surface area contributed by atoms with Gasteiger partial charge >= 0.3 is 0 Å². The molecule has 6 rings (SSSR count). The van der Waals surface area contributed by atoms with Gasteiger partial charge in [-0.05, 0) is 69.6 Å². The van der Waals surface area contributed by atoms with Crippen molar-refractivity contribution in [3.05, 3.63) is 17.5 Å². The van der Waals surface area contributed by atoms with Crippen LogP contribution in [0.3, 0.4) is 0 Å². The molecule has 5 fully saturated rings. The monoisotopic (exact) mass is 374 g/mol. The van der Waals surface area contributed by atoms with Gasteiger partial charge in [-0.1, -0.05) is 5.16 Å². The Morgan fingerprint density at radius 1 is 1.22 bits per heavy atom. The molecule has 1 saturated heterocycles. The quantitative estimate of drug-likeness (QED) is 0.877. The number of methoxy groups -OCH3 is 1. The SMILES string of the molecule is COC12CC3CC(C1)C(NC(=O)C1(c4cc(C)no4)CCOCC1)C(C3)C2. The third kappa shape index (κ3) is 2.75. The molecule has 6 heteroatoms. The van der Waals surface area contributed by atoms with E-state index in [2.05, 4.69) is 10.5 Å². The first-order chi connectivity index (χ1) is 13.0. The molecule has 1 amide bonds. The van der Waals surface area contributed by atoms with Crippen LogP contribution in [0.5, 0.6) is 0 Å². The minimum Gasteiger partial charge on any atom is -0.381 e. The molecule has 4 aliphatic carbocycles. The Morgan fingerprint density at radius 3 is 2.52 bits per heavy atom. The van der Waals surface area contributed by atoms with Crippen molar-refractivity contribution in [3.63, 3.8) is 0 Å². The van der Waals surface area contributed by atoms with Crippen LogP contribution >= 0.6 is 0 Å². The van der Waals surface area contributed by atoms with Crippen molar-refractivity contribution in [3.8, 4) is 0 Å². The summed E-state index contributed by atoms with van der Waals surface area (Å²) in [5.74, 6) is 2.63. The summed E-state index contributed by atoms with van der Waals surface area (Å²) in [5.41, 5.74) is 0.240. The zero-order valence-corrected chi connectivity index (χ0v) is 16.3. The molecule has 4 saturated carbocycles. The van der Waals surface area contributed by atoms with Crippen LogP contribution in [0.1, 0.15) is 56.4 Å². The standard InChI is InChI=1S/C21H30N2O4/c1-13-7-17(27-23-13)21(3-5-26-6-4-21)19(24)22-18-15-8-14-9-16(18)12-20(10-14,11-15)25-2/h7,14-16,18H,3-6,8-12H2,1-2H3,(H,22,24). The molecular formula is C21H30N2O4. The van der Waals surface area contributed by atoms with Crippen LogP contribution < -0.4 is 5.32 Å². The van der Waals surface area contributed by atoms with Gasteiger partial charge in [0.2, 0.25) is 5.91 Å². The molecule has 0 aromatic carbocycles. The van der Waals surface area contributed by atoms with Gasteiger partial charge in [0.05, 0.1) is 11.3 Å². The highest BCUT2D eigenvalue weighted by Crippen LogP contribution is 2.57. The van der Waals surface area contributed by atoms with Crippen molar-refractivity contribution >= 4 is 5.91 Å².